The molecule has 244 valence electrons. The molecule has 47 heavy (non-hydrogen) atoms. The van der Waals surface area contributed by atoms with Gasteiger partial charge in [-0.2, -0.15) is 0 Å². The summed E-state index contributed by atoms with van der Waals surface area (Å²) in [5.74, 6) is 0.613. The van der Waals surface area contributed by atoms with Crippen molar-refractivity contribution < 1.29 is 14.6 Å². The Morgan fingerprint density at radius 1 is 0.936 bits per heavy atom. The van der Waals surface area contributed by atoms with Crippen molar-refractivity contribution in [2.45, 2.75) is 45.0 Å². The SMILES string of the molecule is COc1nc(-c2cccc(-c3cccc(-c4ccc5c(CNC[C@H](C)O)cn(C)c5n4)c3Cl)c2Cl)ccc1CNC[C@@H]1CCC(=O)N1. The molecule has 0 bridgehead atoms. The molecule has 1 fully saturated rings. The molecule has 0 saturated carbocycles. The molecule has 11 heteroatoms. The van der Waals surface area contributed by atoms with E-state index in [9.17, 15) is 9.90 Å². The number of rotatable bonds is 12. The van der Waals surface area contributed by atoms with Crippen molar-refractivity contribution in [3.05, 3.63) is 88.0 Å². The molecular weight excluding hydrogens is 635 g/mol. The monoisotopic (exact) mass is 672 g/mol. The molecule has 1 saturated heterocycles. The van der Waals surface area contributed by atoms with Gasteiger partial charge < -0.3 is 30.4 Å². The first-order chi connectivity index (χ1) is 22.7. The third kappa shape index (κ3) is 7.15. The second-order valence-electron chi connectivity index (χ2n) is 11.9. The first-order valence-electron chi connectivity index (χ1n) is 15.7. The Morgan fingerprint density at radius 2 is 1.57 bits per heavy atom. The van der Waals surface area contributed by atoms with Gasteiger partial charge in [0.25, 0.3) is 0 Å². The van der Waals surface area contributed by atoms with Crippen molar-refractivity contribution in [2.75, 3.05) is 20.2 Å². The van der Waals surface area contributed by atoms with Crippen molar-refractivity contribution >= 4 is 40.1 Å². The zero-order chi connectivity index (χ0) is 33.1. The van der Waals surface area contributed by atoms with E-state index in [-0.39, 0.29) is 11.9 Å². The third-order valence-corrected chi connectivity index (χ3v) is 9.24. The van der Waals surface area contributed by atoms with Gasteiger partial charge in [0.15, 0.2) is 0 Å². The molecular formula is C36H38Cl2N6O3. The van der Waals surface area contributed by atoms with E-state index in [0.29, 0.717) is 54.2 Å². The first-order valence-corrected chi connectivity index (χ1v) is 16.4. The summed E-state index contributed by atoms with van der Waals surface area (Å²) in [5, 5.41) is 21.4. The minimum absolute atomic E-state index is 0.103. The van der Waals surface area contributed by atoms with Gasteiger partial charge >= 0.3 is 0 Å². The molecule has 9 nitrogen and oxygen atoms in total. The number of hydrogen-bond acceptors (Lipinski definition) is 7. The highest BCUT2D eigenvalue weighted by atomic mass is 35.5. The number of carbonyl (C=O) groups excluding carboxylic acids is 1. The lowest BCUT2D eigenvalue weighted by Crippen LogP contribution is -2.35. The van der Waals surface area contributed by atoms with E-state index in [0.717, 1.165) is 56.5 Å². The number of aryl methyl sites for hydroxylation is 1. The number of pyridine rings is 2. The number of carbonyl (C=O) groups is 1. The minimum Gasteiger partial charge on any atom is -0.481 e. The molecule has 5 aromatic rings. The second-order valence-corrected chi connectivity index (χ2v) is 12.7. The second kappa shape index (κ2) is 14.4. The zero-order valence-electron chi connectivity index (χ0n) is 26.6. The Morgan fingerprint density at radius 3 is 2.21 bits per heavy atom. The van der Waals surface area contributed by atoms with Gasteiger partial charge in [0.05, 0.1) is 34.6 Å². The lowest BCUT2D eigenvalue weighted by Gasteiger charge is -2.15. The van der Waals surface area contributed by atoms with Crippen molar-refractivity contribution in [1.29, 1.82) is 0 Å². The average molecular weight is 674 g/mol. The molecule has 1 amide bonds. The van der Waals surface area contributed by atoms with Crippen LogP contribution in [-0.2, 0) is 24.9 Å². The Labute approximate surface area is 284 Å². The quantitative estimate of drug-likeness (QED) is 0.126. The van der Waals surface area contributed by atoms with Gasteiger partial charge in [-0.1, -0.05) is 65.7 Å². The maximum absolute atomic E-state index is 11.5. The topological polar surface area (TPSA) is 113 Å². The summed E-state index contributed by atoms with van der Waals surface area (Å²) in [4.78, 5) is 21.3. The predicted octanol–water partition coefficient (Wildman–Crippen LogP) is 6.12. The van der Waals surface area contributed by atoms with E-state index in [1.165, 1.54) is 0 Å². The van der Waals surface area contributed by atoms with Gasteiger partial charge in [-0.25, -0.2) is 9.97 Å². The van der Waals surface area contributed by atoms with Crippen LogP contribution in [0, 0.1) is 0 Å². The Balaban J connectivity index is 1.26. The average Bonchev–Trinajstić information content (AvgIpc) is 3.62. The first kappa shape index (κ1) is 32.9. The summed E-state index contributed by atoms with van der Waals surface area (Å²) in [7, 11) is 3.58. The highest BCUT2D eigenvalue weighted by Crippen LogP contribution is 2.42. The molecule has 6 rings (SSSR count). The van der Waals surface area contributed by atoms with Crippen LogP contribution in [-0.4, -0.2) is 57.9 Å². The number of ether oxygens (including phenoxy) is 1. The predicted molar refractivity (Wildman–Crippen MR) is 188 cm³/mol. The van der Waals surface area contributed by atoms with Crippen LogP contribution in [0.15, 0.2) is 66.9 Å². The van der Waals surface area contributed by atoms with Crippen LogP contribution in [0.5, 0.6) is 5.88 Å². The number of nitrogens with zero attached hydrogens (tertiary/aromatic N) is 3. The van der Waals surface area contributed by atoms with Crippen molar-refractivity contribution in [1.82, 2.24) is 30.5 Å². The normalized spacial score (nSPS) is 15.3. The zero-order valence-corrected chi connectivity index (χ0v) is 28.1. The van der Waals surface area contributed by atoms with Crippen LogP contribution >= 0.6 is 23.2 Å². The number of amides is 1. The Hall–Kier alpha value is -3.99. The largest absolute Gasteiger partial charge is 0.481 e. The lowest BCUT2D eigenvalue weighted by molar-refractivity contribution is -0.119. The van der Waals surface area contributed by atoms with Gasteiger partial charge in [0.1, 0.15) is 5.65 Å². The fraction of sp³-hybridized carbons (Fsp3) is 0.306. The molecule has 1 aliphatic rings. The van der Waals surface area contributed by atoms with Gasteiger partial charge in [-0.3, -0.25) is 4.79 Å². The number of benzene rings is 2. The number of aliphatic hydroxyl groups excluding tert-OH is 1. The molecule has 4 heterocycles. The molecule has 0 spiro atoms. The highest BCUT2D eigenvalue weighted by molar-refractivity contribution is 6.39. The number of hydrogen-bond donors (Lipinski definition) is 4. The summed E-state index contributed by atoms with van der Waals surface area (Å²) in [6.45, 7) is 4.16. The van der Waals surface area contributed by atoms with Crippen LogP contribution in [0.1, 0.15) is 30.9 Å². The van der Waals surface area contributed by atoms with E-state index in [1.807, 2.05) is 66.2 Å². The molecule has 3 aromatic heterocycles. The summed E-state index contributed by atoms with van der Waals surface area (Å²) < 4.78 is 7.66. The highest BCUT2D eigenvalue weighted by Gasteiger charge is 2.21. The minimum atomic E-state index is -0.412. The van der Waals surface area contributed by atoms with Gasteiger partial charge in [0, 0.05) is 85.1 Å². The Bertz CT molecular complexity index is 1930. The number of aromatic nitrogens is 3. The smallest absolute Gasteiger partial charge is 0.220 e. The summed E-state index contributed by atoms with van der Waals surface area (Å²) in [6, 6.07) is 19.8. The van der Waals surface area contributed by atoms with Crippen LogP contribution in [0.25, 0.3) is 44.7 Å². The van der Waals surface area contributed by atoms with E-state index in [1.54, 1.807) is 14.0 Å². The summed E-state index contributed by atoms with van der Waals surface area (Å²) >= 11 is 14.2. The number of fused-ring (bicyclic) bond motifs is 1. The van der Waals surface area contributed by atoms with Crippen LogP contribution < -0.4 is 20.7 Å². The number of halogens is 2. The number of methoxy groups -OCH3 is 1. The lowest BCUT2D eigenvalue weighted by atomic mass is 9.98. The Kier molecular flexibility index (Phi) is 10.1. The van der Waals surface area contributed by atoms with E-state index in [4.69, 9.17) is 37.9 Å². The van der Waals surface area contributed by atoms with Crippen molar-refractivity contribution in [2.24, 2.45) is 7.05 Å². The van der Waals surface area contributed by atoms with E-state index >= 15 is 0 Å². The molecule has 0 unspecified atom stereocenters. The molecule has 1 aliphatic heterocycles. The van der Waals surface area contributed by atoms with Crippen molar-refractivity contribution in [3.8, 4) is 39.5 Å². The number of nitrogens with one attached hydrogen (secondary N) is 3. The van der Waals surface area contributed by atoms with Crippen LogP contribution in [0.3, 0.4) is 0 Å². The number of aliphatic hydroxyl groups is 1. The van der Waals surface area contributed by atoms with Gasteiger partial charge in [-0.05, 0) is 37.1 Å². The van der Waals surface area contributed by atoms with Crippen LogP contribution in [0.2, 0.25) is 10.0 Å². The van der Waals surface area contributed by atoms with E-state index < -0.39 is 6.10 Å². The fourth-order valence-electron chi connectivity index (χ4n) is 6.06. The maximum atomic E-state index is 11.5. The standard InChI is InChI=1S/C36H38Cl2N6O3/c1-21(45)16-39-18-23-20-44(2)35-25(23)12-14-30(42-35)28-8-4-6-26(33(28)37)27-7-5-9-29(34(27)38)31-13-10-22(36(43-31)47-3)17-40-19-24-11-15-32(46)41-24/h4-10,12-14,20-21,24,39-40,45H,11,15-19H2,1-3H3,(H,41,46)/t21-,24-/m0/s1. The molecule has 4 N–H and O–H groups in total. The molecule has 0 radical (unpaired) electrons. The summed E-state index contributed by atoms with van der Waals surface area (Å²) in [5.41, 5.74) is 7.45. The van der Waals surface area contributed by atoms with Gasteiger partial charge in [0.2, 0.25) is 11.8 Å². The maximum Gasteiger partial charge on any atom is 0.220 e. The van der Waals surface area contributed by atoms with Crippen molar-refractivity contribution in [3.63, 3.8) is 0 Å². The molecule has 0 aliphatic carbocycles. The molecule has 2 aromatic carbocycles. The third-order valence-electron chi connectivity index (χ3n) is 8.42. The summed E-state index contributed by atoms with van der Waals surface area (Å²) in [6.07, 6.45) is 3.06. The van der Waals surface area contributed by atoms with E-state index in [2.05, 4.69) is 28.2 Å². The van der Waals surface area contributed by atoms with Gasteiger partial charge in [-0.15, -0.1) is 0 Å². The fourth-order valence-corrected chi connectivity index (χ4v) is 6.71. The molecule has 2 atom stereocenters. The van der Waals surface area contributed by atoms with Crippen LogP contribution in [0.4, 0.5) is 0 Å².